The van der Waals surface area contributed by atoms with Gasteiger partial charge in [-0.3, -0.25) is 4.98 Å². The van der Waals surface area contributed by atoms with Crippen LogP contribution in [0, 0.1) is 0 Å². The molecule has 0 saturated carbocycles. The van der Waals surface area contributed by atoms with E-state index < -0.39 is 0 Å². The zero-order chi connectivity index (χ0) is 25.2. The maximum Gasteiger partial charge on any atom is 0.136 e. The van der Waals surface area contributed by atoms with Crippen LogP contribution in [0.25, 0.3) is 93.0 Å². The largest absolute Gasteiger partial charge is 0.456 e. The molecule has 4 aromatic heterocycles. The molecule has 0 aliphatic heterocycles. The summed E-state index contributed by atoms with van der Waals surface area (Å²) in [6.45, 7) is 0. The normalized spacial score (nSPS) is 12.6. The highest BCUT2D eigenvalue weighted by molar-refractivity contribution is 6.34. The summed E-state index contributed by atoms with van der Waals surface area (Å²) in [6.07, 6.45) is 1.87. The van der Waals surface area contributed by atoms with Gasteiger partial charge >= 0.3 is 0 Å². The summed E-state index contributed by atoms with van der Waals surface area (Å²) in [4.78, 5) is 4.85. The number of aromatic nitrogens is 2. The Kier molecular flexibility index (Phi) is 3.41. The van der Waals surface area contributed by atoms with E-state index in [1.807, 2.05) is 24.4 Å². The first-order valence-electron chi connectivity index (χ1n) is 13.1. The van der Waals surface area contributed by atoms with Crippen LogP contribution in [0.3, 0.4) is 0 Å². The quantitative estimate of drug-likeness (QED) is 0.212. The highest BCUT2D eigenvalue weighted by Gasteiger charge is 2.22. The molecular formula is C35H18N2O2. The van der Waals surface area contributed by atoms with E-state index in [4.69, 9.17) is 13.8 Å². The molecule has 0 aliphatic carbocycles. The molecule has 4 heteroatoms. The second-order valence-electron chi connectivity index (χ2n) is 10.3. The summed E-state index contributed by atoms with van der Waals surface area (Å²) in [5.74, 6) is 0. The molecule has 10 rings (SSSR count). The number of pyridine rings is 1. The van der Waals surface area contributed by atoms with Crippen LogP contribution in [-0.4, -0.2) is 9.55 Å². The van der Waals surface area contributed by atoms with E-state index in [9.17, 15) is 0 Å². The maximum absolute atomic E-state index is 6.31. The molecule has 0 fully saturated rings. The van der Waals surface area contributed by atoms with Gasteiger partial charge in [-0.1, -0.05) is 54.6 Å². The third-order valence-electron chi connectivity index (χ3n) is 8.38. The van der Waals surface area contributed by atoms with E-state index >= 15 is 0 Å². The van der Waals surface area contributed by atoms with Crippen LogP contribution >= 0.6 is 0 Å². The van der Waals surface area contributed by atoms with E-state index in [2.05, 4.69) is 89.5 Å². The highest BCUT2D eigenvalue weighted by Crippen LogP contribution is 2.45. The van der Waals surface area contributed by atoms with Crippen molar-refractivity contribution in [3.63, 3.8) is 0 Å². The predicted molar refractivity (Wildman–Crippen MR) is 159 cm³/mol. The van der Waals surface area contributed by atoms with E-state index in [-0.39, 0.29) is 0 Å². The predicted octanol–water partition coefficient (Wildman–Crippen LogP) is 9.72. The Balaban J connectivity index is 1.46. The van der Waals surface area contributed by atoms with Crippen molar-refractivity contribution < 1.29 is 8.83 Å². The molecular weight excluding hydrogens is 480 g/mol. The fourth-order valence-corrected chi connectivity index (χ4v) is 6.84. The third-order valence-corrected chi connectivity index (χ3v) is 8.38. The third kappa shape index (κ3) is 2.33. The van der Waals surface area contributed by atoms with Crippen LogP contribution < -0.4 is 0 Å². The first kappa shape index (κ1) is 19.7. The summed E-state index contributed by atoms with van der Waals surface area (Å²) in [7, 11) is 0. The van der Waals surface area contributed by atoms with Crippen LogP contribution in [0.1, 0.15) is 0 Å². The second kappa shape index (κ2) is 6.74. The van der Waals surface area contributed by atoms with Crippen molar-refractivity contribution >= 4 is 87.4 Å². The molecule has 0 unspecified atom stereocenters. The Morgan fingerprint density at radius 3 is 2.05 bits per heavy atom. The first-order valence-corrected chi connectivity index (χ1v) is 13.1. The second-order valence-corrected chi connectivity index (χ2v) is 10.3. The maximum atomic E-state index is 6.31. The van der Waals surface area contributed by atoms with Gasteiger partial charge in [0.2, 0.25) is 0 Å². The fourth-order valence-electron chi connectivity index (χ4n) is 6.84. The Bertz CT molecular complexity index is 2610. The standard InChI is InChI=1S/C35H18N2O2/c1-2-13-28-19(7-1)23-17-27-24(18-31(23)38-28)35-26(12-6-16-36-35)37(27)25-11-3-8-20-21-9-4-14-29-33(21)34-22(32(20)25)10-5-15-30(34)39-29/h1-18H. The van der Waals surface area contributed by atoms with Gasteiger partial charge in [0.15, 0.2) is 0 Å². The molecule has 0 spiro atoms. The number of para-hydroxylation sites is 1. The van der Waals surface area contributed by atoms with Gasteiger partial charge in [-0.15, -0.1) is 0 Å². The van der Waals surface area contributed by atoms with Gasteiger partial charge < -0.3 is 13.4 Å². The van der Waals surface area contributed by atoms with Gasteiger partial charge in [0, 0.05) is 38.5 Å². The van der Waals surface area contributed by atoms with Crippen LogP contribution in [0.2, 0.25) is 0 Å². The summed E-state index contributed by atoms with van der Waals surface area (Å²) in [6, 6.07) is 36.2. The minimum atomic E-state index is 0.878. The summed E-state index contributed by atoms with van der Waals surface area (Å²) >= 11 is 0. The molecule has 0 atom stereocenters. The molecule has 0 amide bonds. The van der Waals surface area contributed by atoms with Crippen molar-refractivity contribution in [2.24, 2.45) is 0 Å². The summed E-state index contributed by atoms with van der Waals surface area (Å²) < 4.78 is 15.0. The molecule has 180 valence electrons. The zero-order valence-corrected chi connectivity index (χ0v) is 20.6. The van der Waals surface area contributed by atoms with Gasteiger partial charge in [0.05, 0.1) is 22.2 Å². The molecule has 0 N–H and O–H groups in total. The zero-order valence-electron chi connectivity index (χ0n) is 20.6. The lowest BCUT2D eigenvalue weighted by molar-refractivity contribution is 0.669. The molecule has 0 aliphatic rings. The number of hydrogen-bond acceptors (Lipinski definition) is 3. The SMILES string of the molecule is c1ccc2c(c1)oc1cc3c4ncccc4n(-c4cccc5c6cccc7oc8cccc(c45)c8c76)c3cc12. The highest BCUT2D eigenvalue weighted by atomic mass is 16.3. The average Bonchev–Trinajstić information content (AvgIpc) is 3.64. The van der Waals surface area contributed by atoms with E-state index in [1.165, 1.54) is 32.3 Å². The number of furan rings is 2. The average molecular weight is 499 g/mol. The first-order chi connectivity index (χ1) is 19.3. The van der Waals surface area contributed by atoms with Crippen LogP contribution in [0.15, 0.2) is 118 Å². The Morgan fingerprint density at radius 2 is 1.15 bits per heavy atom. The van der Waals surface area contributed by atoms with Crippen molar-refractivity contribution in [3.05, 3.63) is 109 Å². The Morgan fingerprint density at radius 1 is 0.462 bits per heavy atom. The minimum Gasteiger partial charge on any atom is -0.456 e. The molecule has 10 aromatic rings. The van der Waals surface area contributed by atoms with E-state index in [1.54, 1.807) is 0 Å². The Hall–Kier alpha value is -5.35. The molecule has 0 radical (unpaired) electrons. The molecule has 0 saturated heterocycles. The molecule has 6 aromatic carbocycles. The molecule has 0 bridgehead atoms. The van der Waals surface area contributed by atoms with E-state index in [0.29, 0.717) is 0 Å². The lowest BCUT2D eigenvalue weighted by Gasteiger charge is -2.15. The molecule has 39 heavy (non-hydrogen) atoms. The Labute approximate surface area is 220 Å². The molecule has 4 nitrogen and oxygen atoms in total. The van der Waals surface area contributed by atoms with Gasteiger partial charge in [-0.05, 0) is 64.7 Å². The molecule has 4 heterocycles. The monoisotopic (exact) mass is 498 g/mol. The summed E-state index contributed by atoms with van der Waals surface area (Å²) in [5, 5.41) is 10.5. The number of benzene rings is 6. The number of rotatable bonds is 1. The van der Waals surface area contributed by atoms with Crippen molar-refractivity contribution in [2.45, 2.75) is 0 Å². The number of fused-ring (bicyclic) bond motifs is 9. The summed E-state index contributed by atoms with van der Waals surface area (Å²) in [5.41, 5.74) is 7.90. The number of hydrogen-bond donors (Lipinski definition) is 0. The van der Waals surface area contributed by atoms with Crippen molar-refractivity contribution in [3.8, 4) is 5.69 Å². The van der Waals surface area contributed by atoms with Crippen molar-refractivity contribution in [2.75, 3.05) is 0 Å². The van der Waals surface area contributed by atoms with Crippen LogP contribution in [0.5, 0.6) is 0 Å². The van der Waals surface area contributed by atoms with Crippen molar-refractivity contribution in [1.29, 1.82) is 0 Å². The lowest BCUT2D eigenvalue weighted by atomic mass is 9.93. The topological polar surface area (TPSA) is 44.1 Å². The van der Waals surface area contributed by atoms with Gasteiger partial charge in [-0.25, -0.2) is 0 Å². The van der Waals surface area contributed by atoms with Crippen molar-refractivity contribution in [1.82, 2.24) is 9.55 Å². The van der Waals surface area contributed by atoms with Gasteiger partial charge in [0.1, 0.15) is 22.3 Å². The van der Waals surface area contributed by atoms with Crippen LogP contribution in [0.4, 0.5) is 0 Å². The fraction of sp³-hybridized carbons (Fsp3) is 0. The smallest absolute Gasteiger partial charge is 0.136 e. The van der Waals surface area contributed by atoms with E-state index in [0.717, 1.165) is 60.7 Å². The van der Waals surface area contributed by atoms with Gasteiger partial charge in [-0.2, -0.15) is 0 Å². The van der Waals surface area contributed by atoms with Gasteiger partial charge in [0.25, 0.3) is 0 Å². The van der Waals surface area contributed by atoms with Crippen LogP contribution in [-0.2, 0) is 0 Å². The number of nitrogens with zero attached hydrogens (tertiary/aromatic N) is 2. The lowest BCUT2D eigenvalue weighted by Crippen LogP contribution is -1.96. The minimum absolute atomic E-state index is 0.878.